The number of likely N-dealkylation sites (tertiary alicyclic amines) is 1. The number of hydrogen-bond acceptors (Lipinski definition) is 5. The molecule has 0 bridgehead atoms. The van der Waals surface area contributed by atoms with Crippen LogP contribution < -0.4 is 9.64 Å². The summed E-state index contributed by atoms with van der Waals surface area (Å²) in [5.74, 6) is 1.44. The lowest BCUT2D eigenvalue weighted by Crippen LogP contribution is -2.31. The van der Waals surface area contributed by atoms with Crippen LogP contribution in [0.15, 0.2) is 42.7 Å². The fourth-order valence-corrected chi connectivity index (χ4v) is 3.16. The third-order valence-corrected chi connectivity index (χ3v) is 4.55. The predicted octanol–water partition coefficient (Wildman–Crippen LogP) is 2.55. The molecule has 0 aliphatic carbocycles. The maximum Gasteiger partial charge on any atom is 0.257 e. The highest BCUT2D eigenvalue weighted by Gasteiger charge is 2.28. The molecule has 1 aliphatic heterocycles. The predicted molar refractivity (Wildman–Crippen MR) is 101 cm³/mol. The lowest BCUT2D eigenvalue weighted by atomic mass is 10.1. The SMILES string of the molecule is CN(C)c1nccnc1OC1CCN(C(=O)CCCc2ccccc2)C1. The van der Waals surface area contributed by atoms with Gasteiger partial charge in [-0.25, -0.2) is 9.97 Å². The molecule has 1 aromatic heterocycles. The number of rotatable bonds is 7. The molecule has 26 heavy (non-hydrogen) atoms. The molecule has 1 amide bonds. The Balaban J connectivity index is 1.47. The molecule has 1 aromatic carbocycles. The number of carbonyl (C=O) groups excluding carboxylic acids is 1. The second-order valence-electron chi connectivity index (χ2n) is 6.79. The van der Waals surface area contributed by atoms with Gasteiger partial charge in [0.1, 0.15) is 6.10 Å². The maximum absolute atomic E-state index is 12.4. The fourth-order valence-electron chi connectivity index (χ4n) is 3.16. The number of aryl methyl sites for hydroxylation is 1. The summed E-state index contributed by atoms with van der Waals surface area (Å²) in [6.45, 7) is 1.36. The van der Waals surface area contributed by atoms with Gasteiger partial charge in [0.2, 0.25) is 5.91 Å². The average molecular weight is 354 g/mol. The number of ether oxygens (including phenoxy) is 1. The van der Waals surface area contributed by atoms with E-state index < -0.39 is 0 Å². The summed E-state index contributed by atoms with van der Waals surface area (Å²) >= 11 is 0. The lowest BCUT2D eigenvalue weighted by molar-refractivity contribution is -0.130. The van der Waals surface area contributed by atoms with Crippen LogP contribution in [0.2, 0.25) is 0 Å². The van der Waals surface area contributed by atoms with E-state index in [4.69, 9.17) is 4.74 Å². The van der Waals surface area contributed by atoms with Gasteiger partial charge in [-0.2, -0.15) is 0 Å². The van der Waals surface area contributed by atoms with Crippen molar-refractivity contribution in [1.82, 2.24) is 14.9 Å². The first-order valence-corrected chi connectivity index (χ1v) is 9.10. The number of aromatic nitrogens is 2. The molecule has 6 heteroatoms. The van der Waals surface area contributed by atoms with Crippen LogP contribution in [-0.2, 0) is 11.2 Å². The van der Waals surface area contributed by atoms with E-state index in [9.17, 15) is 4.79 Å². The largest absolute Gasteiger partial charge is 0.470 e. The van der Waals surface area contributed by atoms with Crippen molar-refractivity contribution in [2.24, 2.45) is 0 Å². The van der Waals surface area contributed by atoms with E-state index in [2.05, 4.69) is 22.1 Å². The molecule has 1 atom stereocenters. The molecule has 1 saturated heterocycles. The van der Waals surface area contributed by atoms with Crippen LogP contribution in [0.5, 0.6) is 5.88 Å². The summed E-state index contributed by atoms with van der Waals surface area (Å²) in [4.78, 5) is 24.8. The fraction of sp³-hybridized carbons (Fsp3) is 0.450. The van der Waals surface area contributed by atoms with Gasteiger partial charge in [0.05, 0.1) is 6.54 Å². The van der Waals surface area contributed by atoms with E-state index in [1.807, 2.05) is 42.1 Å². The molecule has 138 valence electrons. The molecule has 2 heterocycles. The summed E-state index contributed by atoms with van der Waals surface area (Å²) in [6.07, 6.45) is 6.47. The second-order valence-corrected chi connectivity index (χ2v) is 6.79. The summed E-state index contributed by atoms with van der Waals surface area (Å²) in [6, 6.07) is 10.3. The third kappa shape index (κ3) is 4.71. The van der Waals surface area contributed by atoms with Gasteiger partial charge < -0.3 is 14.5 Å². The topological polar surface area (TPSA) is 58.6 Å². The summed E-state index contributed by atoms with van der Waals surface area (Å²) < 4.78 is 6.01. The number of nitrogens with zero attached hydrogens (tertiary/aromatic N) is 4. The molecular formula is C20H26N4O2. The van der Waals surface area contributed by atoms with Crippen molar-refractivity contribution in [2.45, 2.75) is 31.8 Å². The van der Waals surface area contributed by atoms with Gasteiger partial charge in [0.15, 0.2) is 5.82 Å². The Kier molecular flexibility index (Phi) is 6.04. The number of amides is 1. The Labute approximate surface area is 154 Å². The van der Waals surface area contributed by atoms with Gasteiger partial charge in [-0.15, -0.1) is 0 Å². The molecule has 2 aromatic rings. The minimum Gasteiger partial charge on any atom is -0.470 e. The van der Waals surface area contributed by atoms with Crippen LogP contribution in [0, 0.1) is 0 Å². The summed E-state index contributed by atoms with van der Waals surface area (Å²) in [5, 5.41) is 0. The average Bonchev–Trinajstić information content (AvgIpc) is 3.11. The van der Waals surface area contributed by atoms with Gasteiger partial charge in [0.25, 0.3) is 5.88 Å². The Hall–Kier alpha value is -2.63. The van der Waals surface area contributed by atoms with Gasteiger partial charge >= 0.3 is 0 Å². The third-order valence-electron chi connectivity index (χ3n) is 4.55. The van der Waals surface area contributed by atoms with Crippen molar-refractivity contribution in [3.8, 4) is 5.88 Å². The van der Waals surface area contributed by atoms with Gasteiger partial charge in [0, 0.05) is 45.9 Å². The molecule has 6 nitrogen and oxygen atoms in total. The second kappa shape index (κ2) is 8.65. The van der Waals surface area contributed by atoms with Crippen LogP contribution in [0.3, 0.4) is 0 Å². The van der Waals surface area contributed by atoms with E-state index >= 15 is 0 Å². The molecule has 1 unspecified atom stereocenters. The van der Waals surface area contributed by atoms with Crippen molar-refractivity contribution in [2.75, 3.05) is 32.1 Å². The zero-order valence-corrected chi connectivity index (χ0v) is 15.5. The first-order chi connectivity index (χ1) is 12.6. The molecular weight excluding hydrogens is 328 g/mol. The highest BCUT2D eigenvalue weighted by Crippen LogP contribution is 2.24. The van der Waals surface area contributed by atoms with Gasteiger partial charge in [-0.3, -0.25) is 4.79 Å². The van der Waals surface area contributed by atoms with Crippen molar-refractivity contribution in [1.29, 1.82) is 0 Å². The number of anilines is 1. The standard InChI is InChI=1S/C20H26N4O2/c1-23(2)19-20(22-13-12-21-19)26-17-11-14-24(15-17)18(25)10-6-9-16-7-4-3-5-8-16/h3-5,7-8,12-13,17H,6,9-11,14-15H2,1-2H3. The summed E-state index contributed by atoms with van der Waals surface area (Å²) in [5.41, 5.74) is 1.28. The summed E-state index contributed by atoms with van der Waals surface area (Å²) in [7, 11) is 3.82. The molecule has 0 radical (unpaired) electrons. The van der Waals surface area contributed by atoms with Crippen LogP contribution in [0.4, 0.5) is 5.82 Å². The Morgan fingerprint density at radius 1 is 1.23 bits per heavy atom. The highest BCUT2D eigenvalue weighted by molar-refractivity contribution is 5.76. The number of carbonyl (C=O) groups is 1. The first kappa shape index (κ1) is 18.2. The van der Waals surface area contributed by atoms with E-state index in [0.29, 0.717) is 24.7 Å². The minimum absolute atomic E-state index is 0.0246. The molecule has 0 saturated carbocycles. The maximum atomic E-state index is 12.4. The molecule has 1 fully saturated rings. The van der Waals surface area contributed by atoms with Crippen molar-refractivity contribution in [3.63, 3.8) is 0 Å². The van der Waals surface area contributed by atoms with Gasteiger partial charge in [-0.05, 0) is 18.4 Å². The zero-order valence-electron chi connectivity index (χ0n) is 15.5. The Morgan fingerprint density at radius 2 is 2.00 bits per heavy atom. The minimum atomic E-state index is -0.0246. The number of hydrogen-bond donors (Lipinski definition) is 0. The van der Waals surface area contributed by atoms with Crippen molar-refractivity contribution in [3.05, 3.63) is 48.3 Å². The van der Waals surface area contributed by atoms with Crippen molar-refractivity contribution >= 4 is 11.7 Å². The first-order valence-electron chi connectivity index (χ1n) is 9.10. The van der Waals surface area contributed by atoms with Crippen LogP contribution in [0.1, 0.15) is 24.8 Å². The van der Waals surface area contributed by atoms with Crippen LogP contribution in [0.25, 0.3) is 0 Å². The van der Waals surface area contributed by atoms with E-state index in [1.54, 1.807) is 12.4 Å². The Bertz CT molecular complexity index is 721. The molecule has 0 N–H and O–H groups in total. The highest BCUT2D eigenvalue weighted by atomic mass is 16.5. The molecule has 1 aliphatic rings. The van der Waals surface area contributed by atoms with E-state index in [1.165, 1.54) is 5.56 Å². The number of benzene rings is 1. The Morgan fingerprint density at radius 3 is 2.77 bits per heavy atom. The molecule has 3 rings (SSSR count). The van der Waals surface area contributed by atoms with Crippen molar-refractivity contribution < 1.29 is 9.53 Å². The smallest absolute Gasteiger partial charge is 0.257 e. The monoisotopic (exact) mass is 354 g/mol. The zero-order chi connectivity index (χ0) is 18.4. The lowest BCUT2D eigenvalue weighted by Gasteiger charge is -2.19. The van der Waals surface area contributed by atoms with Crippen LogP contribution >= 0.6 is 0 Å². The van der Waals surface area contributed by atoms with Crippen LogP contribution in [-0.4, -0.2) is 54.1 Å². The van der Waals surface area contributed by atoms with Gasteiger partial charge in [-0.1, -0.05) is 30.3 Å². The normalized spacial score (nSPS) is 16.5. The van der Waals surface area contributed by atoms with E-state index in [-0.39, 0.29) is 12.0 Å². The molecule has 0 spiro atoms. The quantitative estimate of drug-likeness (QED) is 0.765. The van der Waals surface area contributed by atoms with E-state index in [0.717, 1.165) is 25.8 Å².